The van der Waals surface area contributed by atoms with Gasteiger partial charge >= 0.3 is 0 Å². The lowest BCUT2D eigenvalue weighted by molar-refractivity contribution is 0.950. The molecular weight excluding hydrogens is 304 g/mol. The average Bonchev–Trinajstić information content (AvgIpc) is 2.50. The molecule has 0 unspecified atom stereocenters. The third-order valence-electron chi connectivity index (χ3n) is 2.88. The van der Waals surface area contributed by atoms with Crippen molar-refractivity contribution in [1.82, 2.24) is 9.97 Å². The Labute approximate surface area is 133 Å². The molecule has 4 nitrogen and oxygen atoms in total. The molecule has 0 spiro atoms. The van der Waals surface area contributed by atoms with Gasteiger partial charge in [0.1, 0.15) is 5.15 Å². The van der Waals surface area contributed by atoms with E-state index in [9.17, 15) is 0 Å². The quantitative estimate of drug-likeness (QED) is 0.503. The number of hydrogen-bond acceptors (Lipinski definition) is 5. The molecule has 0 atom stereocenters. The molecule has 0 bridgehead atoms. The van der Waals surface area contributed by atoms with Crippen LogP contribution in [0, 0.1) is 0 Å². The first-order valence-corrected chi connectivity index (χ1v) is 8.35. The molecule has 2 heterocycles. The number of fused-ring (bicyclic) bond motifs is 1. The van der Waals surface area contributed by atoms with E-state index in [2.05, 4.69) is 21.2 Å². The number of nitrogens with two attached hydrogens (primary N) is 1. The van der Waals surface area contributed by atoms with Crippen molar-refractivity contribution in [1.29, 1.82) is 0 Å². The average molecular weight is 321 g/mol. The number of allylic oxidation sites excluding steroid dienone is 1. The second kappa shape index (κ2) is 8.00. The molecule has 0 aromatic carbocycles. The van der Waals surface area contributed by atoms with Crippen LogP contribution in [0.25, 0.3) is 16.6 Å². The first-order valence-electron chi connectivity index (χ1n) is 6.58. The maximum atomic E-state index is 5.91. The van der Waals surface area contributed by atoms with Crippen molar-refractivity contribution in [3.05, 3.63) is 41.3 Å². The molecule has 2 aromatic heterocycles. The summed E-state index contributed by atoms with van der Waals surface area (Å²) in [6.07, 6.45) is 8.24. The molecule has 0 fully saturated rings. The molecular formula is C15H17ClN4S. The second-order valence-corrected chi connectivity index (χ2v) is 5.77. The number of aromatic nitrogens is 2. The molecule has 0 saturated carbocycles. The van der Waals surface area contributed by atoms with Gasteiger partial charge in [-0.2, -0.15) is 11.8 Å². The van der Waals surface area contributed by atoms with Crippen molar-refractivity contribution in [2.24, 2.45) is 10.7 Å². The topological polar surface area (TPSA) is 64.2 Å². The van der Waals surface area contributed by atoms with Gasteiger partial charge in [-0.3, -0.25) is 9.98 Å². The Morgan fingerprint density at radius 1 is 1.43 bits per heavy atom. The molecule has 0 aliphatic heterocycles. The fourth-order valence-corrected chi connectivity index (χ4v) is 2.39. The zero-order valence-electron chi connectivity index (χ0n) is 11.8. The van der Waals surface area contributed by atoms with Crippen LogP contribution in [0.3, 0.4) is 0 Å². The Morgan fingerprint density at radius 2 is 2.29 bits per heavy atom. The minimum Gasteiger partial charge on any atom is -0.404 e. The summed E-state index contributed by atoms with van der Waals surface area (Å²) in [7, 11) is 0. The van der Waals surface area contributed by atoms with E-state index in [1.165, 1.54) is 6.20 Å². The zero-order valence-corrected chi connectivity index (χ0v) is 13.4. The highest BCUT2D eigenvalue weighted by Gasteiger charge is 2.03. The maximum Gasteiger partial charge on any atom is 0.129 e. The Kier molecular flexibility index (Phi) is 6.02. The van der Waals surface area contributed by atoms with Crippen LogP contribution in [0.15, 0.2) is 35.6 Å². The number of nitrogens with zero attached hydrogens (tertiary/aromatic N) is 3. The van der Waals surface area contributed by atoms with Crippen LogP contribution in [-0.4, -0.2) is 34.7 Å². The first kappa shape index (κ1) is 15.8. The van der Waals surface area contributed by atoms with E-state index in [-0.39, 0.29) is 0 Å². The lowest BCUT2D eigenvalue weighted by Gasteiger charge is -2.03. The number of rotatable bonds is 6. The molecule has 110 valence electrons. The van der Waals surface area contributed by atoms with E-state index in [1.807, 2.05) is 23.9 Å². The number of aliphatic imine (C=N–C) groups is 1. The predicted octanol–water partition coefficient (Wildman–Crippen LogP) is 3.41. The van der Waals surface area contributed by atoms with Gasteiger partial charge in [-0.1, -0.05) is 11.6 Å². The summed E-state index contributed by atoms with van der Waals surface area (Å²) >= 11 is 7.73. The molecule has 2 aromatic rings. The molecule has 0 aliphatic rings. The van der Waals surface area contributed by atoms with E-state index in [1.54, 1.807) is 18.5 Å². The summed E-state index contributed by atoms with van der Waals surface area (Å²) in [4.78, 5) is 13.0. The van der Waals surface area contributed by atoms with E-state index < -0.39 is 0 Å². The maximum absolute atomic E-state index is 5.91. The number of thioether (sulfide) groups is 1. The van der Waals surface area contributed by atoms with Crippen LogP contribution in [0.4, 0.5) is 0 Å². The molecule has 2 rings (SSSR count). The van der Waals surface area contributed by atoms with E-state index in [0.29, 0.717) is 5.15 Å². The smallest absolute Gasteiger partial charge is 0.129 e. The molecule has 0 amide bonds. The minimum atomic E-state index is 0.450. The van der Waals surface area contributed by atoms with E-state index in [4.69, 9.17) is 17.3 Å². The highest BCUT2D eigenvalue weighted by Crippen LogP contribution is 2.18. The van der Waals surface area contributed by atoms with Crippen molar-refractivity contribution in [3.63, 3.8) is 0 Å². The zero-order chi connectivity index (χ0) is 15.1. The summed E-state index contributed by atoms with van der Waals surface area (Å²) in [6.45, 7) is 0.795. The van der Waals surface area contributed by atoms with Crippen LogP contribution >= 0.6 is 23.4 Å². The predicted molar refractivity (Wildman–Crippen MR) is 93.1 cm³/mol. The molecule has 0 aliphatic carbocycles. The van der Waals surface area contributed by atoms with Gasteiger partial charge in [0.05, 0.1) is 11.0 Å². The summed E-state index contributed by atoms with van der Waals surface area (Å²) in [5.41, 5.74) is 8.95. The van der Waals surface area contributed by atoms with Gasteiger partial charge in [-0.25, -0.2) is 4.98 Å². The summed E-state index contributed by atoms with van der Waals surface area (Å²) < 4.78 is 0. The van der Waals surface area contributed by atoms with Gasteiger partial charge < -0.3 is 5.73 Å². The summed E-state index contributed by atoms with van der Waals surface area (Å²) in [5.74, 6) is 1.11. The van der Waals surface area contributed by atoms with Gasteiger partial charge in [0.15, 0.2) is 0 Å². The lowest BCUT2D eigenvalue weighted by Crippen LogP contribution is -1.95. The molecule has 0 saturated heterocycles. The second-order valence-electron chi connectivity index (χ2n) is 4.40. The van der Waals surface area contributed by atoms with Crippen LogP contribution in [0.5, 0.6) is 0 Å². The standard InChI is InChI=1S/C15H17ClN4S/c1-21-6-2-5-18-9-12(8-17)11-7-14-13(19-10-11)3-4-15(16)20-14/h3-4,7-10H,2,5-6,17H2,1H3. The molecule has 2 N–H and O–H groups in total. The Morgan fingerprint density at radius 3 is 3.05 bits per heavy atom. The minimum absolute atomic E-state index is 0.450. The Bertz CT molecular complexity index is 670. The first-order chi connectivity index (χ1) is 10.2. The SMILES string of the molecule is CSCCCN=CC(=CN)c1cnc2ccc(Cl)nc2c1. The number of halogens is 1. The summed E-state index contributed by atoms with van der Waals surface area (Å²) in [5, 5.41) is 0.450. The molecule has 6 heteroatoms. The van der Waals surface area contributed by atoms with E-state index >= 15 is 0 Å². The van der Waals surface area contributed by atoms with Crippen LogP contribution in [0.1, 0.15) is 12.0 Å². The third kappa shape index (κ3) is 4.44. The van der Waals surface area contributed by atoms with Gasteiger partial charge in [0, 0.05) is 36.3 Å². The lowest BCUT2D eigenvalue weighted by atomic mass is 10.1. The fraction of sp³-hybridized carbons (Fsp3) is 0.267. The third-order valence-corrected chi connectivity index (χ3v) is 3.79. The van der Waals surface area contributed by atoms with Crippen molar-refractivity contribution < 1.29 is 0 Å². The van der Waals surface area contributed by atoms with Crippen molar-refractivity contribution in [2.45, 2.75) is 6.42 Å². The van der Waals surface area contributed by atoms with E-state index in [0.717, 1.165) is 40.9 Å². The highest BCUT2D eigenvalue weighted by molar-refractivity contribution is 7.98. The van der Waals surface area contributed by atoms with Crippen molar-refractivity contribution in [3.8, 4) is 0 Å². The normalized spacial score (nSPS) is 12.4. The van der Waals surface area contributed by atoms with Crippen LogP contribution in [-0.2, 0) is 0 Å². The van der Waals surface area contributed by atoms with Gasteiger partial charge in [-0.15, -0.1) is 0 Å². The van der Waals surface area contributed by atoms with Crippen LogP contribution < -0.4 is 5.73 Å². The van der Waals surface area contributed by atoms with Crippen molar-refractivity contribution >= 4 is 46.2 Å². The largest absolute Gasteiger partial charge is 0.404 e. The van der Waals surface area contributed by atoms with Gasteiger partial charge in [-0.05, 0) is 36.6 Å². The highest BCUT2D eigenvalue weighted by atomic mass is 35.5. The Balaban J connectivity index is 2.18. The molecule has 21 heavy (non-hydrogen) atoms. The monoisotopic (exact) mass is 320 g/mol. The Hall–Kier alpha value is -1.59. The molecule has 0 radical (unpaired) electrons. The summed E-state index contributed by atoms with van der Waals surface area (Å²) in [6, 6.07) is 5.49. The van der Waals surface area contributed by atoms with Crippen LogP contribution in [0.2, 0.25) is 5.15 Å². The van der Waals surface area contributed by atoms with Gasteiger partial charge in [0.25, 0.3) is 0 Å². The number of pyridine rings is 2. The van der Waals surface area contributed by atoms with Gasteiger partial charge in [0.2, 0.25) is 0 Å². The number of hydrogen-bond donors (Lipinski definition) is 1. The fourth-order valence-electron chi connectivity index (χ4n) is 1.82. The van der Waals surface area contributed by atoms with Crippen molar-refractivity contribution in [2.75, 3.05) is 18.6 Å².